The lowest BCUT2D eigenvalue weighted by Crippen LogP contribution is -2.46. The fourth-order valence-corrected chi connectivity index (χ4v) is 6.76. The number of nitrogens with zero attached hydrogens (tertiary/aromatic N) is 4. The van der Waals surface area contributed by atoms with Crippen LogP contribution in [0.4, 0.5) is 23.0 Å². The van der Waals surface area contributed by atoms with Crippen LogP contribution in [0.5, 0.6) is 0 Å². The predicted octanol–water partition coefficient (Wildman–Crippen LogP) is 9.05. The lowest BCUT2D eigenvalue weighted by atomic mass is 9.81. The molecule has 4 heteroatoms. The van der Waals surface area contributed by atoms with E-state index in [9.17, 15) is 0 Å². The maximum absolute atomic E-state index is 5.50. The minimum absolute atomic E-state index is 0.0564. The first-order valence-electron chi connectivity index (χ1n) is 14.1. The van der Waals surface area contributed by atoms with Crippen LogP contribution >= 0.6 is 0 Å². The number of hydrogen-bond donors (Lipinski definition) is 0. The van der Waals surface area contributed by atoms with Crippen molar-refractivity contribution >= 4 is 28.6 Å². The molecule has 3 heterocycles. The van der Waals surface area contributed by atoms with Gasteiger partial charge in [0.25, 0.3) is 0 Å². The van der Waals surface area contributed by atoms with E-state index in [0.717, 1.165) is 23.0 Å². The van der Waals surface area contributed by atoms with Gasteiger partial charge in [0.2, 0.25) is 0 Å². The standard InChI is InChI=1S/C34H42N4/c1-10-25(21(2)3)30(29(22(4)5)23(6)7)27-20-35-31-32(36-27)38-28-19-15-14-18-26(28)34(8,9)33(38)37(31)24-16-12-11-13-17-24/h10-23,33H,1-9H3/b25-10-. The van der Waals surface area contributed by atoms with Crippen LogP contribution in [0.25, 0.3) is 5.57 Å². The lowest BCUT2D eigenvalue weighted by molar-refractivity contribution is 0.449. The van der Waals surface area contributed by atoms with Gasteiger partial charge >= 0.3 is 0 Å². The Kier molecular flexibility index (Phi) is 6.71. The molecule has 38 heavy (non-hydrogen) atoms. The number of fused-ring (bicyclic) bond motifs is 5. The minimum Gasteiger partial charge on any atom is -0.301 e. The molecule has 2 aromatic carbocycles. The van der Waals surface area contributed by atoms with Gasteiger partial charge < -0.3 is 9.80 Å². The van der Waals surface area contributed by atoms with Crippen molar-refractivity contribution in [3.05, 3.63) is 89.3 Å². The molecule has 0 fully saturated rings. The Bertz CT molecular complexity index is 1380. The van der Waals surface area contributed by atoms with Crippen molar-refractivity contribution in [2.45, 2.75) is 73.9 Å². The van der Waals surface area contributed by atoms with Crippen molar-refractivity contribution in [2.24, 2.45) is 17.8 Å². The van der Waals surface area contributed by atoms with Crippen LogP contribution in [-0.4, -0.2) is 16.1 Å². The largest absolute Gasteiger partial charge is 0.301 e. The van der Waals surface area contributed by atoms with E-state index in [1.54, 1.807) is 0 Å². The van der Waals surface area contributed by atoms with Gasteiger partial charge in [0.05, 0.1) is 11.9 Å². The maximum atomic E-state index is 5.50. The zero-order valence-corrected chi connectivity index (χ0v) is 24.4. The van der Waals surface area contributed by atoms with Crippen LogP contribution < -0.4 is 9.80 Å². The zero-order valence-electron chi connectivity index (χ0n) is 24.4. The summed E-state index contributed by atoms with van der Waals surface area (Å²) >= 11 is 0. The summed E-state index contributed by atoms with van der Waals surface area (Å²) in [5, 5.41) is 0. The van der Waals surface area contributed by atoms with E-state index in [0.29, 0.717) is 17.8 Å². The van der Waals surface area contributed by atoms with Crippen molar-refractivity contribution in [1.29, 1.82) is 0 Å². The summed E-state index contributed by atoms with van der Waals surface area (Å²) in [6, 6.07) is 19.4. The SMILES string of the molecule is C/C=C(\C(=C(C(C)C)C(C)C)c1cnc2c(n1)N1c3ccccc3C(C)(C)C1N2c1ccccc1)C(C)C. The molecule has 3 aromatic rings. The molecule has 5 rings (SSSR count). The van der Waals surface area contributed by atoms with Gasteiger partial charge in [0.15, 0.2) is 11.6 Å². The van der Waals surface area contributed by atoms with Gasteiger partial charge in [-0.25, -0.2) is 9.97 Å². The number of rotatable bonds is 6. The highest BCUT2D eigenvalue weighted by molar-refractivity contribution is 5.90. The summed E-state index contributed by atoms with van der Waals surface area (Å²) in [7, 11) is 0. The topological polar surface area (TPSA) is 32.3 Å². The maximum Gasteiger partial charge on any atom is 0.179 e. The quantitative estimate of drug-likeness (QED) is 0.312. The zero-order chi connectivity index (χ0) is 27.4. The van der Waals surface area contributed by atoms with Crippen LogP contribution in [0.1, 0.15) is 73.6 Å². The van der Waals surface area contributed by atoms with E-state index in [1.165, 1.54) is 28.0 Å². The molecule has 0 saturated carbocycles. The highest BCUT2D eigenvalue weighted by Crippen LogP contribution is 2.57. The van der Waals surface area contributed by atoms with Crippen molar-refractivity contribution in [3.63, 3.8) is 0 Å². The Balaban J connectivity index is 1.80. The molecule has 0 saturated heterocycles. The third-order valence-electron chi connectivity index (χ3n) is 8.23. The third-order valence-corrected chi connectivity index (χ3v) is 8.23. The van der Waals surface area contributed by atoms with Gasteiger partial charge in [0.1, 0.15) is 6.17 Å². The van der Waals surface area contributed by atoms with Gasteiger partial charge in [-0.15, -0.1) is 0 Å². The Morgan fingerprint density at radius 2 is 1.45 bits per heavy atom. The minimum atomic E-state index is -0.124. The monoisotopic (exact) mass is 506 g/mol. The van der Waals surface area contributed by atoms with Crippen LogP contribution in [-0.2, 0) is 5.41 Å². The second-order valence-corrected chi connectivity index (χ2v) is 12.1. The van der Waals surface area contributed by atoms with Gasteiger partial charge in [-0.3, -0.25) is 0 Å². The van der Waals surface area contributed by atoms with E-state index in [1.807, 2.05) is 6.20 Å². The molecule has 1 unspecified atom stereocenters. The predicted molar refractivity (Wildman–Crippen MR) is 161 cm³/mol. The summed E-state index contributed by atoms with van der Waals surface area (Å²) in [5.74, 6) is 3.08. The van der Waals surface area contributed by atoms with Gasteiger partial charge in [-0.2, -0.15) is 0 Å². The van der Waals surface area contributed by atoms with Crippen molar-refractivity contribution in [1.82, 2.24) is 9.97 Å². The van der Waals surface area contributed by atoms with E-state index < -0.39 is 0 Å². The van der Waals surface area contributed by atoms with E-state index in [4.69, 9.17) is 9.97 Å². The second-order valence-electron chi connectivity index (χ2n) is 12.1. The number of aromatic nitrogens is 2. The molecule has 0 spiro atoms. The lowest BCUT2D eigenvalue weighted by Gasteiger charge is -2.36. The average molecular weight is 507 g/mol. The Hall–Kier alpha value is -3.40. The smallest absolute Gasteiger partial charge is 0.179 e. The number of anilines is 4. The summed E-state index contributed by atoms with van der Waals surface area (Å²) in [6.07, 6.45) is 4.34. The molecule has 4 nitrogen and oxygen atoms in total. The van der Waals surface area contributed by atoms with E-state index >= 15 is 0 Å². The first-order chi connectivity index (χ1) is 18.1. The van der Waals surface area contributed by atoms with Crippen LogP contribution in [0.15, 0.2) is 78.0 Å². The molecule has 2 aliphatic heterocycles. The van der Waals surface area contributed by atoms with Crippen molar-refractivity contribution in [3.8, 4) is 0 Å². The molecular weight excluding hydrogens is 464 g/mol. The highest BCUT2D eigenvalue weighted by atomic mass is 15.5. The normalized spacial score (nSPS) is 17.8. The Labute approximate surface area is 229 Å². The van der Waals surface area contributed by atoms with Gasteiger partial charge in [0, 0.05) is 22.4 Å². The number of para-hydroxylation sites is 2. The second kappa shape index (κ2) is 9.72. The molecule has 0 amide bonds. The molecule has 0 radical (unpaired) electrons. The summed E-state index contributed by atoms with van der Waals surface area (Å²) < 4.78 is 0. The van der Waals surface area contributed by atoms with Crippen molar-refractivity contribution < 1.29 is 0 Å². The molecule has 198 valence electrons. The van der Waals surface area contributed by atoms with E-state index in [2.05, 4.69) is 133 Å². The molecule has 0 bridgehead atoms. The van der Waals surface area contributed by atoms with Crippen LogP contribution in [0.2, 0.25) is 0 Å². The average Bonchev–Trinajstić information content (AvgIpc) is 3.34. The molecule has 2 aliphatic rings. The Morgan fingerprint density at radius 3 is 2.05 bits per heavy atom. The molecule has 0 aliphatic carbocycles. The first kappa shape index (κ1) is 26.2. The Morgan fingerprint density at radius 1 is 0.816 bits per heavy atom. The number of benzene rings is 2. The first-order valence-corrected chi connectivity index (χ1v) is 14.1. The molecule has 0 N–H and O–H groups in total. The molecular formula is C34H42N4. The van der Waals surface area contributed by atoms with Gasteiger partial charge in [-0.05, 0) is 54.0 Å². The molecule has 1 atom stereocenters. The summed E-state index contributed by atoms with van der Waals surface area (Å²) in [5.41, 5.74) is 8.61. The van der Waals surface area contributed by atoms with Crippen LogP contribution in [0, 0.1) is 17.8 Å². The fourth-order valence-electron chi connectivity index (χ4n) is 6.76. The van der Waals surface area contributed by atoms with E-state index in [-0.39, 0.29) is 11.6 Å². The summed E-state index contributed by atoms with van der Waals surface area (Å²) in [4.78, 5) is 15.5. The van der Waals surface area contributed by atoms with Crippen molar-refractivity contribution in [2.75, 3.05) is 9.80 Å². The number of allylic oxidation sites excluding steroid dienone is 4. The third kappa shape index (κ3) is 3.97. The van der Waals surface area contributed by atoms with Crippen LogP contribution in [0.3, 0.4) is 0 Å². The number of hydrogen-bond acceptors (Lipinski definition) is 4. The fraction of sp³-hybridized carbons (Fsp3) is 0.412. The molecule has 1 aromatic heterocycles. The van der Waals surface area contributed by atoms with Gasteiger partial charge in [-0.1, -0.05) is 103 Å². The summed E-state index contributed by atoms with van der Waals surface area (Å²) in [6.45, 7) is 20.6. The highest BCUT2D eigenvalue weighted by Gasteiger charge is 2.54.